The third kappa shape index (κ3) is 3.11. The number of carbonyl (C=O) groups is 1. The monoisotopic (exact) mass is 295 g/mol. The van der Waals surface area contributed by atoms with E-state index in [-0.39, 0.29) is 36.2 Å². The van der Waals surface area contributed by atoms with E-state index in [0.29, 0.717) is 6.54 Å². The smallest absolute Gasteiger partial charge is 0.292 e. The zero-order valence-electron chi connectivity index (χ0n) is 11.6. The van der Waals surface area contributed by atoms with Gasteiger partial charge in [0.25, 0.3) is 11.6 Å². The Morgan fingerprint density at radius 1 is 1.57 bits per heavy atom. The predicted molar refractivity (Wildman–Crippen MR) is 74.8 cm³/mol. The molecule has 1 amide bonds. The molecule has 114 valence electrons. The van der Waals surface area contributed by atoms with Crippen LogP contribution < -0.4 is 5.73 Å². The number of hydrogen-bond donors (Lipinski definition) is 2. The molecule has 1 fully saturated rings. The number of nitro groups is 1. The van der Waals surface area contributed by atoms with Crippen molar-refractivity contribution in [3.8, 4) is 0 Å². The molecule has 1 aliphatic heterocycles. The quantitative estimate of drug-likeness (QED) is 0.473. The number of aliphatic hydroxyl groups excluding tert-OH is 1. The molecule has 2 rings (SSSR count). The largest absolute Gasteiger partial charge is 0.394 e. The van der Waals surface area contributed by atoms with Crippen LogP contribution in [0, 0.1) is 10.1 Å². The third-order valence-electron chi connectivity index (χ3n) is 3.33. The van der Waals surface area contributed by atoms with Crippen molar-refractivity contribution in [1.82, 2.24) is 4.90 Å². The van der Waals surface area contributed by atoms with Crippen LogP contribution in [0.2, 0.25) is 0 Å². The number of nitrogen functional groups attached to an aromatic ring is 1. The minimum atomic E-state index is -0.620. The van der Waals surface area contributed by atoms with E-state index >= 15 is 0 Å². The maximum atomic E-state index is 12.5. The van der Waals surface area contributed by atoms with Gasteiger partial charge in [-0.1, -0.05) is 6.07 Å². The number of para-hydroxylation sites is 1. The number of carbonyl (C=O) groups excluding carboxylic acids is 1. The van der Waals surface area contributed by atoms with Crippen LogP contribution in [-0.4, -0.2) is 52.7 Å². The molecule has 0 aromatic heterocycles. The number of hydrogen-bond acceptors (Lipinski definition) is 6. The van der Waals surface area contributed by atoms with E-state index in [0.717, 1.165) is 0 Å². The van der Waals surface area contributed by atoms with Crippen molar-refractivity contribution in [3.63, 3.8) is 0 Å². The van der Waals surface area contributed by atoms with Crippen LogP contribution in [0.3, 0.4) is 0 Å². The van der Waals surface area contributed by atoms with Crippen molar-refractivity contribution < 1.29 is 19.6 Å². The number of nitro benzene ring substituents is 1. The van der Waals surface area contributed by atoms with Gasteiger partial charge in [0.05, 0.1) is 29.3 Å². The zero-order chi connectivity index (χ0) is 15.6. The van der Waals surface area contributed by atoms with E-state index in [9.17, 15) is 20.0 Å². The molecule has 2 atom stereocenters. The first-order chi connectivity index (χ1) is 9.93. The highest BCUT2D eigenvalue weighted by Gasteiger charge is 2.30. The Kier molecular flexibility index (Phi) is 4.39. The summed E-state index contributed by atoms with van der Waals surface area (Å²) in [6, 6.07) is 4.14. The summed E-state index contributed by atoms with van der Waals surface area (Å²) in [6.07, 6.45) is -0.683. The van der Waals surface area contributed by atoms with Crippen LogP contribution in [0.25, 0.3) is 0 Å². The highest BCUT2D eigenvalue weighted by Crippen LogP contribution is 2.26. The lowest BCUT2D eigenvalue weighted by Gasteiger charge is -2.36. The van der Waals surface area contributed by atoms with E-state index < -0.39 is 16.9 Å². The first kappa shape index (κ1) is 15.2. The van der Waals surface area contributed by atoms with Crippen molar-refractivity contribution in [2.45, 2.75) is 19.1 Å². The Hall–Kier alpha value is -2.19. The second-order valence-electron chi connectivity index (χ2n) is 4.96. The fraction of sp³-hybridized carbons (Fsp3) is 0.462. The lowest BCUT2D eigenvalue weighted by molar-refractivity contribution is -0.383. The fourth-order valence-electron chi connectivity index (χ4n) is 2.38. The molecule has 1 aromatic rings. The van der Waals surface area contributed by atoms with Crippen LogP contribution in [-0.2, 0) is 4.74 Å². The van der Waals surface area contributed by atoms with Crippen LogP contribution in [0.4, 0.5) is 11.4 Å². The summed E-state index contributed by atoms with van der Waals surface area (Å²) in [5.41, 5.74) is 5.38. The molecule has 0 radical (unpaired) electrons. The SMILES string of the molecule is CC1CN(C(=O)c2cccc([N+](=O)[O-])c2N)CC(CO)O1. The molecular weight excluding hydrogens is 278 g/mol. The number of nitrogens with two attached hydrogens (primary N) is 1. The number of amides is 1. The van der Waals surface area contributed by atoms with Gasteiger partial charge in [0.2, 0.25) is 0 Å². The molecule has 0 saturated carbocycles. The minimum Gasteiger partial charge on any atom is -0.394 e. The Morgan fingerprint density at radius 2 is 2.29 bits per heavy atom. The van der Waals surface area contributed by atoms with Crippen LogP contribution >= 0.6 is 0 Å². The fourth-order valence-corrected chi connectivity index (χ4v) is 2.38. The average molecular weight is 295 g/mol. The van der Waals surface area contributed by atoms with Gasteiger partial charge in [0, 0.05) is 19.2 Å². The summed E-state index contributed by atoms with van der Waals surface area (Å²) >= 11 is 0. The van der Waals surface area contributed by atoms with E-state index in [1.165, 1.54) is 23.1 Å². The molecular formula is C13H17N3O5. The van der Waals surface area contributed by atoms with E-state index in [1.54, 1.807) is 6.92 Å². The molecule has 21 heavy (non-hydrogen) atoms. The molecule has 1 heterocycles. The highest BCUT2D eigenvalue weighted by atomic mass is 16.6. The Balaban J connectivity index is 2.27. The maximum absolute atomic E-state index is 12.5. The van der Waals surface area contributed by atoms with Crippen LogP contribution in [0.15, 0.2) is 18.2 Å². The number of benzene rings is 1. The summed E-state index contributed by atoms with van der Waals surface area (Å²) in [6.45, 7) is 2.16. The number of morpholine rings is 1. The molecule has 3 N–H and O–H groups in total. The Bertz CT molecular complexity index is 563. The first-order valence-corrected chi connectivity index (χ1v) is 6.52. The summed E-state index contributed by atoms with van der Waals surface area (Å²) in [5.74, 6) is -0.398. The second kappa shape index (κ2) is 6.06. The Labute approximate surface area is 121 Å². The third-order valence-corrected chi connectivity index (χ3v) is 3.33. The molecule has 0 spiro atoms. The number of nitrogens with zero attached hydrogens (tertiary/aromatic N) is 2. The molecule has 1 saturated heterocycles. The zero-order valence-corrected chi connectivity index (χ0v) is 11.6. The lowest BCUT2D eigenvalue weighted by Crippen LogP contribution is -2.50. The van der Waals surface area contributed by atoms with Gasteiger partial charge < -0.3 is 20.5 Å². The summed E-state index contributed by atoms with van der Waals surface area (Å²) in [4.78, 5) is 24.2. The molecule has 2 unspecified atom stereocenters. The number of anilines is 1. The summed E-state index contributed by atoms with van der Waals surface area (Å²) in [7, 11) is 0. The molecule has 8 heteroatoms. The van der Waals surface area contributed by atoms with Crippen molar-refractivity contribution in [2.75, 3.05) is 25.4 Å². The van der Waals surface area contributed by atoms with Crippen molar-refractivity contribution in [2.24, 2.45) is 0 Å². The highest BCUT2D eigenvalue weighted by molar-refractivity contribution is 6.01. The van der Waals surface area contributed by atoms with Crippen molar-refractivity contribution in [3.05, 3.63) is 33.9 Å². The van der Waals surface area contributed by atoms with Gasteiger partial charge in [-0.3, -0.25) is 14.9 Å². The Morgan fingerprint density at radius 3 is 2.90 bits per heavy atom. The van der Waals surface area contributed by atoms with Crippen molar-refractivity contribution >= 4 is 17.3 Å². The van der Waals surface area contributed by atoms with Gasteiger partial charge in [-0.15, -0.1) is 0 Å². The molecule has 1 aliphatic rings. The topological polar surface area (TPSA) is 119 Å². The van der Waals surface area contributed by atoms with Crippen molar-refractivity contribution in [1.29, 1.82) is 0 Å². The molecule has 0 bridgehead atoms. The average Bonchev–Trinajstić information content (AvgIpc) is 2.45. The van der Waals surface area contributed by atoms with Gasteiger partial charge in [-0.05, 0) is 13.0 Å². The van der Waals surface area contributed by atoms with Gasteiger partial charge in [0.15, 0.2) is 0 Å². The summed E-state index contributed by atoms with van der Waals surface area (Å²) < 4.78 is 5.46. The van der Waals surface area contributed by atoms with Gasteiger partial charge in [0.1, 0.15) is 5.69 Å². The molecule has 1 aromatic carbocycles. The van der Waals surface area contributed by atoms with Gasteiger partial charge >= 0.3 is 0 Å². The number of rotatable bonds is 3. The molecule has 0 aliphatic carbocycles. The standard InChI is InChI=1S/C13H17N3O5/c1-8-5-15(6-9(7-17)21-8)13(18)10-3-2-4-11(12(10)14)16(19)20/h2-4,8-9,17H,5-7,14H2,1H3. The van der Waals surface area contributed by atoms with E-state index in [4.69, 9.17) is 10.5 Å². The van der Waals surface area contributed by atoms with Gasteiger partial charge in [-0.25, -0.2) is 0 Å². The van der Waals surface area contributed by atoms with E-state index in [1.807, 2.05) is 0 Å². The molecule has 8 nitrogen and oxygen atoms in total. The lowest BCUT2D eigenvalue weighted by atomic mass is 10.1. The van der Waals surface area contributed by atoms with Gasteiger partial charge in [-0.2, -0.15) is 0 Å². The predicted octanol–water partition coefficient (Wildman–Crippen LogP) is 0.399. The minimum absolute atomic E-state index is 0.0926. The maximum Gasteiger partial charge on any atom is 0.292 e. The number of aliphatic hydroxyl groups is 1. The van der Waals surface area contributed by atoms with Crippen LogP contribution in [0.1, 0.15) is 17.3 Å². The number of ether oxygens (including phenoxy) is 1. The second-order valence-corrected chi connectivity index (χ2v) is 4.96. The summed E-state index contributed by atoms with van der Waals surface area (Å²) in [5, 5.41) is 20.0. The van der Waals surface area contributed by atoms with E-state index in [2.05, 4.69) is 0 Å². The normalized spacial score (nSPS) is 22.1. The first-order valence-electron chi connectivity index (χ1n) is 6.52. The van der Waals surface area contributed by atoms with Crippen LogP contribution in [0.5, 0.6) is 0 Å².